The SMILES string of the molecule is NC1C2CCC(C2)C1C(=O)Nc1ccc(Cl)c(F)c1. The second-order valence-corrected chi connectivity index (χ2v) is 5.96. The summed E-state index contributed by atoms with van der Waals surface area (Å²) >= 11 is 5.61. The fraction of sp³-hybridized carbons (Fsp3) is 0.500. The van der Waals surface area contributed by atoms with Gasteiger partial charge >= 0.3 is 0 Å². The molecule has 0 aliphatic heterocycles. The van der Waals surface area contributed by atoms with Crippen LogP contribution in [-0.2, 0) is 4.79 Å². The van der Waals surface area contributed by atoms with E-state index in [1.54, 1.807) is 6.07 Å². The standard InChI is InChI=1S/C14H16ClFN2O/c15-10-4-3-9(6-11(10)16)18-14(19)12-7-1-2-8(5-7)13(12)17/h3-4,6-8,12-13H,1-2,5,17H2,(H,18,19). The molecule has 3 nitrogen and oxygen atoms in total. The summed E-state index contributed by atoms with van der Waals surface area (Å²) in [4.78, 5) is 12.3. The lowest BCUT2D eigenvalue weighted by Gasteiger charge is -2.27. The first-order valence-corrected chi connectivity index (χ1v) is 6.95. The lowest BCUT2D eigenvalue weighted by Crippen LogP contribution is -2.42. The number of benzene rings is 1. The molecule has 2 fully saturated rings. The molecule has 0 spiro atoms. The number of anilines is 1. The van der Waals surface area contributed by atoms with Crippen LogP contribution in [0.1, 0.15) is 19.3 Å². The average molecular weight is 283 g/mol. The molecule has 2 saturated carbocycles. The van der Waals surface area contributed by atoms with Crippen LogP contribution in [0.5, 0.6) is 0 Å². The molecule has 5 heteroatoms. The van der Waals surface area contributed by atoms with Gasteiger partial charge in [-0.1, -0.05) is 11.6 Å². The van der Waals surface area contributed by atoms with E-state index in [2.05, 4.69) is 5.32 Å². The fourth-order valence-corrected chi connectivity index (χ4v) is 3.64. The highest BCUT2D eigenvalue weighted by molar-refractivity contribution is 6.30. The third-order valence-corrected chi connectivity index (χ3v) is 4.78. The summed E-state index contributed by atoms with van der Waals surface area (Å²) in [6, 6.07) is 4.21. The summed E-state index contributed by atoms with van der Waals surface area (Å²) in [5.74, 6) is 0.0930. The number of nitrogens with two attached hydrogens (primary N) is 1. The Hall–Kier alpha value is -1.13. The van der Waals surface area contributed by atoms with E-state index in [0.717, 1.165) is 19.3 Å². The molecule has 0 radical (unpaired) electrons. The number of carbonyl (C=O) groups excluding carboxylic acids is 1. The minimum absolute atomic E-state index is 0.0506. The van der Waals surface area contributed by atoms with Gasteiger partial charge in [-0.2, -0.15) is 0 Å². The Kier molecular flexibility index (Phi) is 3.23. The van der Waals surface area contributed by atoms with Crippen molar-refractivity contribution in [2.75, 3.05) is 5.32 Å². The predicted molar refractivity (Wildman–Crippen MR) is 72.3 cm³/mol. The van der Waals surface area contributed by atoms with E-state index in [1.165, 1.54) is 12.1 Å². The number of hydrogen-bond acceptors (Lipinski definition) is 2. The zero-order valence-electron chi connectivity index (χ0n) is 10.4. The van der Waals surface area contributed by atoms with E-state index < -0.39 is 5.82 Å². The van der Waals surface area contributed by atoms with E-state index in [4.69, 9.17) is 17.3 Å². The molecule has 1 amide bonds. The smallest absolute Gasteiger partial charge is 0.229 e. The average Bonchev–Trinajstić information content (AvgIpc) is 2.94. The van der Waals surface area contributed by atoms with Crippen molar-refractivity contribution in [3.63, 3.8) is 0 Å². The molecule has 3 N–H and O–H groups in total. The van der Waals surface area contributed by atoms with Crippen molar-refractivity contribution >= 4 is 23.2 Å². The molecule has 0 heterocycles. The van der Waals surface area contributed by atoms with Gasteiger partial charge in [0.1, 0.15) is 5.82 Å². The summed E-state index contributed by atoms with van der Waals surface area (Å²) in [5, 5.41) is 2.80. The van der Waals surface area contributed by atoms with Crippen molar-refractivity contribution in [1.82, 2.24) is 0 Å². The zero-order chi connectivity index (χ0) is 13.6. The maximum absolute atomic E-state index is 13.3. The van der Waals surface area contributed by atoms with E-state index >= 15 is 0 Å². The quantitative estimate of drug-likeness (QED) is 0.876. The Morgan fingerprint density at radius 2 is 2.11 bits per heavy atom. The van der Waals surface area contributed by atoms with Crippen molar-refractivity contribution in [3.8, 4) is 0 Å². The summed E-state index contributed by atoms with van der Waals surface area (Å²) in [6.07, 6.45) is 3.25. The monoisotopic (exact) mass is 282 g/mol. The lowest BCUT2D eigenvalue weighted by atomic mass is 9.84. The van der Waals surface area contributed by atoms with Gasteiger partial charge in [-0.25, -0.2) is 4.39 Å². The van der Waals surface area contributed by atoms with Crippen LogP contribution in [0.3, 0.4) is 0 Å². The van der Waals surface area contributed by atoms with Crippen molar-refractivity contribution in [2.45, 2.75) is 25.3 Å². The van der Waals surface area contributed by atoms with E-state index in [9.17, 15) is 9.18 Å². The fourth-order valence-electron chi connectivity index (χ4n) is 3.52. The molecule has 1 aromatic carbocycles. The van der Waals surface area contributed by atoms with Gasteiger partial charge in [-0.3, -0.25) is 4.79 Å². The maximum atomic E-state index is 13.3. The number of nitrogens with one attached hydrogen (secondary N) is 1. The molecular formula is C14H16ClFN2O. The predicted octanol–water partition coefficient (Wildman–Crippen LogP) is 2.79. The first-order chi connectivity index (χ1) is 9.06. The van der Waals surface area contributed by atoms with Crippen LogP contribution in [-0.4, -0.2) is 11.9 Å². The van der Waals surface area contributed by atoms with Crippen LogP contribution in [0.25, 0.3) is 0 Å². The Bertz CT molecular complexity index is 520. The van der Waals surface area contributed by atoms with Crippen LogP contribution >= 0.6 is 11.6 Å². The third-order valence-electron chi connectivity index (χ3n) is 4.47. The van der Waals surface area contributed by atoms with Crippen molar-refractivity contribution in [3.05, 3.63) is 29.0 Å². The first-order valence-electron chi connectivity index (χ1n) is 6.58. The summed E-state index contributed by atoms with van der Waals surface area (Å²) < 4.78 is 13.3. The highest BCUT2D eigenvalue weighted by atomic mass is 35.5. The first kappa shape index (κ1) is 12.9. The molecular weight excluding hydrogens is 267 g/mol. The number of halogens is 2. The normalized spacial score (nSPS) is 32.6. The minimum Gasteiger partial charge on any atom is -0.327 e. The molecule has 0 aromatic heterocycles. The van der Waals surface area contributed by atoms with Crippen LogP contribution < -0.4 is 11.1 Å². The number of fused-ring (bicyclic) bond motifs is 2. The van der Waals surface area contributed by atoms with Gasteiger partial charge < -0.3 is 11.1 Å². The van der Waals surface area contributed by atoms with E-state index in [1.807, 2.05) is 0 Å². The van der Waals surface area contributed by atoms with Gasteiger partial charge in [0.05, 0.1) is 10.9 Å². The summed E-state index contributed by atoms with van der Waals surface area (Å²) in [6.45, 7) is 0. The van der Waals surface area contributed by atoms with Gasteiger partial charge in [0, 0.05) is 11.7 Å². The minimum atomic E-state index is -0.531. The maximum Gasteiger partial charge on any atom is 0.229 e. The highest BCUT2D eigenvalue weighted by Crippen LogP contribution is 2.47. The Balaban J connectivity index is 1.73. The number of carbonyl (C=O) groups is 1. The van der Waals surface area contributed by atoms with Gasteiger partial charge in [0.15, 0.2) is 0 Å². The Morgan fingerprint density at radius 1 is 1.37 bits per heavy atom. The van der Waals surface area contributed by atoms with E-state index in [0.29, 0.717) is 17.5 Å². The van der Waals surface area contributed by atoms with Gasteiger partial charge in [-0.05, 0) is 49.3 Å². The second-order valence-electron chi connectivity index (χ2n) is 5.55. The van der Waals surface area contributed by atoms with Crippen LogP contribution in [0, 0.1) is 23.6 Å². The molecule has 2 aliphatic rings. The van der Waals surface area contributed by atoms with Crippen molar-refractivity contribution in [2.24, 2.45) is 23.5 Å². The molecule has 4 unspecified atom stereocenters. The lowest BCUT2D eigenvalue weighted by molar-refractivity contribution is -0.121. The topological polar surface area (TPSA) is 55.1 Å². The second kappa shape index (κ2) is 4.76. The van der Waals surface area contributed by atoms with Crippen LogP contribution in [0.15, 0.2) is 18.2 Å². The van der Waals surface area contributed by atoms with Crippen molar-refractivity contribution < 1.29 is 9.18 Å². The van der Waals surface area contributed by atoms with Crippen LogP contribution in [0.2, 0.25) is 5.02 Å². The molecule has 4 atom stereocenters. The summed E-state index contributed by atoms with van der Waals surface area (Å²) in [5.41, 5.74) is 6.55. The number of rotatable bonds is 2. The Morgan fingerprint density at radius 3 is 2.74 bits per heavy atom. The Labute approximate surface area is 116 Å². The molecule has 0 saturated heterocycles. The molecule has 1 aromatic rings. The number of amides is 1. The van der Waals surface area contributed by atoms with Gasteiger partial charge in [0.2, 0.25) is 5.91 Å². The van der Waals surface area contributed by atoms with Gasteiger partial charge in [0.25, 0.3) is 0 Å². The summed E-state index contributed by atoms with van der Waals surface area (Å²) in [7, 11) is 0. The third kappa shape index (κ3) is 2.23. The highest BCUT2D eigenvalue weighted by Gasteiger charge is 2.49. The molecule has 2 aliphatic carbocycles. The molecule has 2 bridgehead atoms. The van der Waals surface area contributed by atoms with E-state index in [-0.39, 0.29) is 22.9 Å². The molecule has 19 heavy (non-hydrogen) atoms. The number of hydrogen-bond donors (Lipinski definition) is 2. The molecule has 3 rings (SSSR count). The van der Waals surface area contributed by atoms with Gasteiger partial charge in [-0.15, -0.1) is 0 Å². The largest absolute Gasteiger partial charge is 0.327 e. The molecule has 102 valence electrons. The van der Waals surface area contributed by atoms with Crippen molar-refractivity contribution in [1.29, 1.82) is 0 Å². The zero-order valence-corrected chi connectivity index (χ0v) is 11.2. The van der Waals surface area contributed by atoms with Crippen LogP contribution in [0.4, 0.5) is 10.1 Å².